The predicted molar refractivity (Wildman–Crippen MR) is 132 cm³/mol. The summed E-state index contributed by atoms with van der Waals surface area (Å²) >= 11 is 0. The Balaban J connectivity index is 1.66. The van der Waals surface area contributed by atoms with Crippen molar-refractivity contribution in [1.82, 2.24) is 10.2 Å². The number of amides is 1. The van der Waals surface area contributed by atoms with Crippen LogP contribution in [0.3, 0.4) is 0 Å². The maximum absolute atomic E-state index is 12.6. The van der Waals surface area contributed by atoms with E-state index in [0.717, 1.165) is 31.5 Å². The molecule has 0 aromatic heterocycles. The largest absolute Gasteiger partial charge is 0.386 e. The van der Waals surface area contributed by atoms with Crippen molar-refractivity contribution in [1.29, 1.82) is 0 Å². The molecule has 0 saturated carbocycles. The zero-order chi connectivity index (χ0) is 22.9. The third-order valence-corrected chi connectivity index (χ3v) is 6.43. The second kappa shape index (κ2) is 17.1. The van der Waals surface area contributed by atoms with Crippen LogP contribution in [0.25, 0.3) is 0 Å². The van der Waals surface area contributed by atoms with Crippen molar-refractivity contribution >= 4 is 5.91 Å². The number of hydrogen-bond donors (Lipinski definition) is 2. The third-order valence-electron chi connectivity index (χ3n) is 6.43. The average molecular weight is 447 g/mol. The highest BCUT2D eigenvalue weighted by atomic mass is 16.5. The summed E-state index contributed by atoms with van der Waals surface area (Å²) in [5.41, 5.74) is 0.848. The number of benzene rings is 1. The molecule has 1 aliphatic rings. The molecule has 1 fully saturated rings. The third kappa shape index (κ3) is 11.4. The lowest BCUT2D eigenvalue weighted by molar-refractivity contribution is -0.123. The Morgan fingerprint density at radius 2 is 1.50 bits per heavy atom. The average Bonchev–Trinajstić information content (AvgIpc) is 2.83. The first kappa shape index (κ1) is 26.8. The maximum atomic E-state index is 12.6. The molecule has 0 unspecified atom stereocenters. The number of hydrogen-bond acceptors (Lipinski definition) is 4. The SMILES string of the molecule is CCCCCCCCCCCCCC(=O)N[C@H](CN1CCOCC1)[C@@H](O)c1ccccc1. The first-order valence-electron chi connectivity index (χ1n) is 13.0. The van der Waals surface area contributed by atoms with Crippen LogP contribution in [-0.2, 0) is 9.53 Å². The molecule has 1 aliphatic heterocycles. The standard InChI is InChI=1S/C27H46N2O3/c1-2-3-4-5-6-7-8-9-10-11-15-18-26(30)28-25(23-29-19-21-32-22-20-29)27(31)24-16-13-12-14-17-24/h12-14,16-17,25,27,31H,2-11,15,18-23H2,1H3,(H,28,30)/t25-,27+/m1/s1. The van der Waals surface area contributed by atoms with Crippen molar-refractivity contribution in [2.24, 2.45) is 0 Å². The monoisotopic (exact) mass is 446 g/mol. The van der Waals surface area contributed by atoms with Crippen molar-refractivity contribution < 1.29 is 14.6 Å². The van der Waals surface area contributed by atoms with E-state index in [1.54, 1.807) is 0 Å². The highest BCUT2D eigenvalue weighted by Crippen LogP contribution is 2.19. The predicted octanol–water partition coefficient (Wildman–Crippen LogP) is 5.24. The molecule has 1 aromatic carbocycles. The number of nitrogens with zero attached hydrogens (tertiary/aromatic N) is 1. The minimum Gasteiger partial charge on any atom is -0.386 e. The summed E-state index contributed by atoms with van der Waals surface area (Å²) < 4.78 is 5.44. The summed E-state index contributed by atoms with van der Waals surface area (Å²) in [4.78, 5) is 14.9. The molecule has 0 aliphatic carbocycles. The molecular weight excluding hydrogens is 400 g/mol. The molecule has 2 N–H and O–H groups in total. The molecule has 2 rings (SSSR count). The van der Waals surface area contributed by atoms with Crippen LogP contribution in [0.5, 0.6) is 0 Å². The zero-order valence-electron chi connectivity index (χ0n) is 20.3. The first-order chi connectivity index (χ1) is 15.7. The summed E-state index contributed by atoms with van der Waals surface area (Å²) in [6.07, 6.45) is 13.9. The molecular formula is C27H46N2O3. The van der Waals surface area contributed by atoms with E-state index in [4.69, 9.17) is 4.74 Å². The minimum absolute atomic E-state index is 0.0502. The van der Waals surface area contributed by atoms with E-state index in [0.29, 0.717) is 26.2 Å². The molecule has 0 radical (unpaired) electrons. The van der Waals surface area contributed by atoms with Crippen LogP contribution in [0, 0.1) is 0 Å². The van der Waals surface area contributed by atoms with Crippen molar-refractivity contribution in [3.05, 3.63) is 35.9 Å². The van der Waals surface area contributed by atoms with Gasteiger partial charge in [-0.2, -0.15) is 0 Å². The van der Waals surface area contributed by atoms with Gasteiger partial charge in [0.05, 0.1) is 19.3 Å². The summed E-state index contributed by atoms with van der Waals surface area (Å²) in [6, 6.07) is 9.34. The minimum atomic E-state index is -0.708. The molecule has 182 valence electrons. The van der Waals surface area contributed by atoms with E-state index >= 15 is 0 Å². The number of unbranched alkanes of at least 4 members (excludes halogenated alkanes) is 10. The van der Waals surface area contributed by atoms with Crippen LogP contribution in [0.4, 0.5) is 0 Å². The number of aliphatic hydroxyl groups is 1. The highest BCUT2D eigenvalue weighted by Gasteiger charge is 2.26. The second-order valence-corrected chi connectivity index (χ2v) is 9.23. The van der Waals surface area contributed by atoms with Gasteiger partial charge in [0.25, 0.3) is 0 Å². The van der Waals surface area contributed by atoms with Gasteiger partial charge >= 0.3 is 0 Å². The molecule has 2 atom stereocenters. The van der Waals surface area contributed by atoms with Crippen molar-refractivity contribution in [3.63, 3.8) is 0 Å². The molecule has 1 saturated heterocycles. The number of aliphatic hydroxyl groups excluding tert-OH is 1. The van der Waals surface area contributed by atoms with Crippen LogP contribution in [0.2, 0.25) is 0 Å². The molecule has 32 heavy (non-hydrogen) atoms. The van der Waals surface area contributed by atoms with Crippen LogP contribution < -0.4 is 5.32 Å². The van der Waals surface area contributed by atoms with Gasteiger partial charge in [-0.05, 0) is 12.0 Å². The second-order valence-electron chi connectivity index (χ2n) is 9.23. The summed E-state index contributed by atoms with van der Waals surface area (Å²) in [5.74, 6) is 0.0502. The summed E-state index contributed by atoms with van der Waals surface area (Å²) in [7, 11) is 0. The van der Waals surface area contributed by atoms with E-state index in [-0.39, 0.29) is 11.9 Å². The Labute approximate surface area is 195 Å². The van der Waals surface area contributed by atoms with Gasteiger partial charge in [-0.25, -0.2) is 0 Å². The molecule has 0 spiro atoms. The quantitative estimate of drug-likeness (QED) is 0.321. The Morgan fingerprint density at radius 3 is 2.09 bits per heavy atom. The van der Waals surface area contributed by atoms with E-state index in [2.05, 4.69) is 17.1 Å². The maximum Gasteiger partial charge on any atom is 0.220 e. The molecule has 1 amide bonds. The molecule has 0 bridgehead atoms. The Bertz CT molecular complexity index is 590. The van der Waals surface area contributed by atoms with E-state index in [1.165, 1.54) is 57.8 Å². The fourth-order valence-corrected chi connectivity index (χ4v) is 4.40. The molecule has 5 heteroatoms. The van der Waals surface area contributed by atoms with Gasteiger partial charge in [0.1, 0.15) is 6.10 Å². The van der Waals surface area contributed by atoms with Crippen molar-refractivity contribution in [2.75, 3.05) is 32.8 Å². The van der Waals surface area contributed by atoms with Gasteiger partial charge < -0.3 is 15.2 Å². The lowest BCUT2D eigenvalue weighted by atomic mass is 10.0. The van der Waals surface area contributed by atoms with Gasteiger partial charge in [-0.1, -0.05) is 101 Å². The Kier molecular flexibility index (Phi) is 14.3. The Morgan fingerprint density at radius 1 is 0.938 bits per heavy atom. The van der Waals surface area contributed by atoms with Gasteiger partial charge in [0.15, 0.2) is 0 Å². The first-order valence-corrected chi connectivity index (χ1v) is 13.0. The summed E-state index contributed by atoms with van der Waals surface area (Å²) in [5, 5.41) is 14.1. The molecule has 5 nitrogen and oxygen atoms in total. The lowest BCUT2D eigenvalue weighted by Gasteiger charge is -2.33. The Hall–Kier alpha value is -1.43. The van der Waals surface area contributed by atoms with Crippen LogP contribution >= 0.6 is 0 Å². The van der Waals surface area contributed by atoms with E-state index in [1.807, 2.05) is 30.3 Å². The molecule has 1 aromatic rings. The smallest absolute Gasteiger partial charge is 0.220 e. The van der Waals surface area contributed by atoms with Gasteiger partial charge in [-0.3, -0.25) is 9.69 Å². The zero-order valence-corrected chi connectivity index (χ0v) is 20.3. The number of carbonyl (C=O) groups is 1. The van der Waals surface area contributed by atoms with E-state index in [9.17, 15) is 9.90 Å². The highest BCUT2D eigenvalue weighted by molar-refractivity contribution is 5.76. The van der Waals surface area contributed by atoms with Crippen LogP contribution in [0.15, 0.2) is 30.3 Å². The number of morpholine rings is 1. The summed E-state index contributed by atoms with van der Waals surface area (Å²) in [6.45, 7) is 6.00. The van der Waals surface area contributed by atoms with Gasteiger partial charge in [0, 0.05) is 26.1 Å². The molecule has 1 heterocycles. The lowest BCUT2D eigenvalue weighted by Crippen LogP contribution is -2.49. The number of carbonyl (C=O) groups excluding carboxylic acids is 1. The number of rotatable bonds is 17. The number of ether oxygens (including phenoxy) is 1. The van der Waals surface area contributed by atoms with Gasteiger partial charge in [-0.15, -0.1) is 0 Å². The van der Waals surface area contributed by atoms with Crippen molar-refractivity contribution in [3.8, 4) is 0 Å². The topological polar surface area (TPSA) is 61.8 Å². The fraction of sp³-hybridized carbons (Fsp3) is 0.741. The normalized spacial score (nSPS) is 16.6. The van der Waals surface area contributed by atoms with Crippen molar-refractivity contribution in [2.45, 2.75) is 96.1 Å². The van der Waals surface area contributed by atoms with Crippen LogP contribution in [0.1, 0.15) is 95.6 Å². The van der Waals surface area contributed by atoms with Crippen LogP contribution in [-0.4, -0.2) is 54.8 Å². The fourth-order valence-electron chi connectivity index (χ4n) is 4.40. The van der Waals surface area contributed by atoms with E-state index < -0.39 is 6.10 Å². The van der Waals surface area contributed by atoms with Gasteiger partial charge in [0.2, 0.25) is 5.91 Å². The number of nitrogens with one attached hydrogen (secondary N) is 1.